The van der Waals surface area contributed by atoms with Gasteiger partial charge in [-0.1, -0.05) is 23.2 Å². The fraction of sp³-hybridized carbons (Fsp3) is 0.333. The summed E-state index contributed by atoms with van der Waals surface area (Å²) >= 11 is 12.6. The predicted octanol–water partition coefficient (Wildman–Crippen LogP) is 5.43. The van der Waals surface area contributed by atoms with Crippen molar-refractivity contribution < 1.29 is 14.3 Å². The van der Waals surface area contributed by atoms with Crippen molar-refractivity contribution in [3.05, 3.63) is 80.3 Å². The molecule has 9 nitrogen and oxygen atoms in total. The summed E-state index contributed by atoms with van der Waals surface area (Å²) in [6.07, 6.45) is 4.43. The van der Waals surface area contributed by atoms with E-state index in [0.717, 1.165) is 5.69 Å². The Morgan fingerprint density at radius 2 is 1.84 bits per heavy atom. The summed E-state index contributed by atoms with van der Waals surface area (Å²) in [5.74, 6) is -0.285. The Morgan fingerprint density at radius 3 is 2.50 bits per heavy atom. The van der Waals surface area contributed by atoms with Crippen molar-refractivity contribution in [2.24, 2.45) is 0 Å². The highest BCUT2D eigenvalue weighted by molar-refractivity contribution is 6.42. The molecule has 1 atom stereocenters. The molecule has 1 aliphatic heterocycles. The number of imidazole rings is 1. The van der Waals surface area contributed by atoms with Crippen LogP contribution in [0.15, 0.2) is 47.8 Å². The van der Waals surface area contributed by atoms with Crippen molar-refractivity contribution >= 4 is 46.1 Å². The summed E-state index contributed by atoms with van der Waals surface area (Å²) in [5, 5.41) is 1.31. The van der Waals surface area contributed by atoms with Gasteiger partial charge >= 0.3 is 6.09 Å². The number of benzene rings is 1. The summed E-state index contributed by atoms with van der Waals surface area (Å²) in [6.45, 7) is 9.60. The molecule has 1 unspecified atom stereocenters. The lowest BCUT2D eigenvalue weighted by Crippen LogP contribution is -2.49. The minimum atomic E-state index is -0.702. The number of pyridine rings is 1. The fourth-order valence-electron chi connectivity index (χ4n) is 4.68. The van der Waals surface area contributed by atoms with Crippen molar-refractivity contribution in [1.29, 1.82) is 0 Å². The van der Waals surface area contributed by atoms with Gasteiger partial charge in [0.25, 0.3) is 11.5 Å². The first kappa shape index (κ1) is 26.1. The van der Waals surface area contributed by atoms with E-state index in [1.54, 1.807) is 73.2 Å². The van der Waals surface area contributed by atoms with Crippen LogP contribution in [0.3, 0.4) is 0 Å². The monoisotopic (exact) mass is 555 g/mol. The van der Waals surface area contributed by atoms with Crippen molar-refractivity contribution in [3.63, 3.8) is 0 Å². The molecule has 0 radical (unpaired) electrons. The Hall–Kier alpha value is -3.56. The predicted molar refractivity (Wildman–Crippen MR) is 145 cm³/mol. The van der Waals surface area contributed by atoms with E-state index in [0.29, 0.717) is 44.4 Å². The van der Waals surface area contributed by atoms with Crippen LogP contribution in [0.25, 0.3) is 16.6 Å². The van der Waals surface area contributed by atoms with E-state index in [4.69, 9.17) is 27.9 Å². The Balaban J connectivity index is 1.53. The van der Waals surface area contributed by atoms with Gasteiger partial charge in [-0.2, -0.15) is 0 Å². The third kappa shape index (κ3) is 4.61. The molecule has 38 heavy (non-hydrogen) atoms. The van der Waals surface area contributed by atoms with E-state index in [1.165, 1.54) is 9.13 Å². The van der Waals surface area contributed by atoms with Gasteiger partial charge in [0.05, 0.1) is 27.6 Å². The highest BCUT2D eigenvalue weighted by Crippen LogP contribution is 2.33. The Bertz CT molecular complexity index is 1660. The number of aromatic nitrogens is 4. The van der Waals surface area contributed by atoms with Gasteiger partial charge in [-0.25, -0.2) is 9.78 Å². The second-order valence-corrected chi connectivity index (χ2v) is 11.3. The molecule has 0 N–H and O–H groups in total. The van der Waals surface area contributed by atoms with Crippen molar-refractivity contribution in [2.75, 3.05) is 0 Å². The third-order valence-electron chi connectivity index (χ3n) is 6.46. The second-order valence-electron chi connectivity index (χ2n) is 10.5. The van der Waals surface area contributed by atoms with E-state index < -0.39 is 11.7 Å². The van der Waals surface area contributed by atoms with Crippen LogP contribution in [-0.4, -0.2) is 47.2 Å². The van der Waals surface area contributed by atoms with Gasteiger partial charge in [-0.3, -0.25) is 14.2 Å². The van der Waals surface area contributed by atoms with E-state index in [9.17, 15) is 14.4 Å². The number of carbonyl (C=O) groups excluding carboxylic acids is 2. The van der Waals surface area contributed by atoms with Gasteiger partial charge in [0.15, 0.2) is 0 Å². The summed E-state index contributed by atoms with van der Waals surface area (Å²) in [4.78, 5) is 45.8. The van der Waals surface area contributed by atoms with E-state index in [-0.39, 0.29) is 24.1 Å². The maximum absolute atomic E-state index is 13.6. The molecule has 3 aromatic heterocycles. The molecule has 0 fully saturated rings. The molecule has 0 bridgehead atoms. The van der Waals surface area contributed by atoms with Crippen LogP contribution in [0.5, 0.6) is 0 Å². The number of amides is 1. The first-order valence-electron chi connectivity index (χ1n) is 12.1. The zero-order chi connectivity index (χ0) is 27.5. The molecule has 198 valence electrons. The lowest BCUT2D eigenvalue weighted by molar-refractivity contribution is 0.0544. The van der Waals surface area contributed by atoms with Gasteiger partial charge in [0.2, 0.25) is 0 Å². The first-order valence-corrected chi connectivity index (χ1v) is 12.9. The number of hydrogen-bond acceptors (Lipinski definition) is 5. The molecular formula is C27H27Cl2N5O4. The number of hydrogen-bond donors (Lipinski definition) is 0. The van der Waals surface area contributed by atoms with Crippen LogP contribution in [0.4, 0.5) is 4.79 Å². The standard InChI is InChI=1S/C27H27Cl2N5O4/c1-15-10-31(14-30-15)21-6-7-22-25(36)32(16(2)11-33(22)24(21)35)12-17-13-34(26(37)38-27(3,4)5)23-9-20(29)19(28)8-18(17)23/h6-10,13-14,16H,11-12H2,1-5H3. The van der Waals surface area contributed by atoms with Crippen molar-refractivity contribution in [3.8, 4) is 5.69 Å². The highest BCUT2D eigenvalue weighted by atomic mass is 35.5. The molecular weight excluding hydrogens is 529 g/mol. The molecule has 0 aliphatic carbocycles. The Kier molecular flexibility index (Phi) is 6.39. The van der Waals surface area contributed by atoms with Crippen molar-refractivity contribution in [1.82, 2.24) is 23.6 Å². The van der Waals surface area contributed by atoms with E-state index >= 15 is 0 Å². The SMILES string of the molecule is Cc1cn(-c2ccc3n(c2=O)CC(C)N(Cc2cn(C(=O)OC(C)(C)C)c4cc(Cl)c(Cl)cc24)C3=O)cn1. The molecule has 4 aromatic rings. The number of nitrogens with zero attached hydrogens (tertiary/aromatic N) is 5. The maximum Gasteiger partial charge on any atom is 0.419 e. The number of ether oxygens (including phenoxy) is 1. The number of carbonyl (C=O) groups is 2. The normalized spacial score (nSPS) is 15.7. The minimum absolute atomic E-state index is 0.195. The van der Waals surface area contributed by atoms with Gasteiger partial charge in [0.1, 0.15) is 17.0 Å². The molecule has 5 rings (SSSR count). The quantitative estimate of drug-likeness (QED) is 0.336. The molecule has 11 heteroatoms. The van der Waals surface area contributed by atoms with Crippen LogP contribution in [0.2, 0.25) is 10.0 Å². The van der Waals surface area contributed by atoms with Crippen LogP contribution in [0.1, 0.15) is 49.4 Å². The first-order chi connectivity index (χ1) is 17.8. The highest BCUT2D eigenvalue weighted by Gasteiger charge is 2.32. The summed E-state index contributed by atoms with van der Waals surface area (Å²) in [5.41, 5.74) is 1.77. The molecule has 1 aliphatic rings. The second kappa shape index (κ2) is 9.32. The number of rotatable bonds is 3. The smallest absolute Gasteiger partial charge is 0.419 e. The minimum Gasteiger partial charge on any atom is -0.443 e. The van der Waals surface area contributed by atoms with E-state index in [2.05, 4.69) is 4.98 Å². The molecule has 0 spiro atoms. The summed E-state index contributed by atoms with van der Waals surface area (Å²) in [7, 11) is 0. The van der Waals surface area contributed by atoms with Gasteiger partial charge in [-0.05, 0) is 64.4 Å². The summed E-state index contributed by atoms with van der Waals surface area (Å²) in [6, 6.07) is 6.30. The number of halogens is 2. The van der Waals surface area contributed by atoms with Crippen LogP contribution < -0.4 is 5.56 Å². The topological polar surface area (TPSA) is 91.4 Å². The lowest BCUT2D eigenvalue weighted by atomic mass is 10.1. The van der Waals surface area contributed by atoms with Crippen LogP contribution >= 0.6 is 23.2 Å². The van der Waals surface area contributed by atoms with Crippen molar-refractivity contribution in [2.45, 2.75) is 59.4 Å². The molecule has 4 heterocycles. The fourth-order valence-corrected chi connectivity index (χ4v) is 5.00. The average Bonchev–Trinajstić information content (AvgIpc) is 3.40. The largest absolute Gasteiger partial charge is 0.443 e. The van der Waals surface area contributed by atoms with Crippen LogP contribution in [-0.2, 0) is 17.8 Å². The number of aryl methyl sites for hydroxylation is 1. The lowest BCUT2D eigenvalue weighted by Gasteiger charge is -2.35. The molecule has 0 saturated carbocycles. The molecule has 0 saturated heterocycles. The average molecular weight is 556 g/mol. The molecule has 1 aromatic carbocycles. The molecule has 1 amide bonds. The summed E-state index contributed by atoms with van der Waals surface area (Å²) < 4.78 is 10.1. The zero-order valence-electron chi connectivity index (χ0n) is 21.7. The van der Waals surface area contributed by atoms with Gasteiger partial charge in [-0.15, -0.1) is 0 Å². The Labute approximate surface area is 229 Å². The number of fused-ring (bicyclic) bond motifs is 2. The van der Waals surface area contributed by atoms with Crippen LogP contribution in [0, 0.1) is 6.92 Å². The van der Waals surface area contributed by atoms with E-state index in [1.807, 2.05) is 13.8 Å². The van der Waals surface area contributed by atoms with Gasteiger partial charge in [0, 0.05) is 36.9 Å². The third-order valence-corrected chi connectivity index (χ3v) is 7.18. The van der Waals surface area contributed by atoms with Gasteiger partial charge < -0.3 is 18.8 Å². The maximum atomic E-state index is 13.6. The Morgan fingerprint density at radius 1 is 1.13 bits per heavy atom. The zero-order valence-corrected chi connectivity index (χ0v) is 23.2.